The van der Waals surface area contributed by atoms with Crippen molar-refractivity contribution in [2.75, 3.05) is 27.3 Å². The monoisotopic (exact) mass is 500 g/mol. The van der Waals surface area contributed by atoms with E-state index in [1.807, 2.05) is 24.8 Å². The summed E-state index contributed by atoms with van der Waals surface area (Å²) < 4.78 is 11.1. The predicted octanol–water partition coefficient (Wildman–Crippen LogP) is 4.19. The minimum absolute atomic E-state index is 0.176. The zero-order valence-electron chi connectivity index (χ0n) is 21.0. The Morgan fingerprint density at radius 1 is 1.09 bits per heavy atom. The lowest BCUT2D eigenvalue weighted by molar-refractivity contribution is -0.164. The summed E-state index contributed by atoms with van der Waals surface area (Å²) in [6.07, 6.45) is 8.59. The van der Waals surface area contributed by atoms with Gasteiger partial charge in [-0.1, -0.05) is 25.3 Å². The highest BCUT2D eigenvalue weighted by atomic mass is 32.2. The lowest BCUT2D eigenvalue weighted by Crippen LogP contribution is -2.59. The molecule has 4 aliphatic rings. The Morgan fingerprint density at radius 3 is 2.54 bits per heavy atom. The van der Waals surface area contributed by atoms with Gasteiger partial charge in [0.1, 0.15) is 11.3 Å². The predicted molar refractivity (Wildman–Crippen MR) is 133 cm³/mol. The van der Waals surface area contributed by atoms with Crippen molar-refractivity contribution in [1.82, 2.24) is 9.80 Å². The standard InChI is InChI=1S/C27H36N2O5S/c1-4-28-24(30)21-22(25(28)31)27(26(32)34-3)14-8-9-15-29(27)23(21)17-12-13-20(19(16-17)33-2)35-18-10-6-5-7-11-18/h12-13,16,18,21-23H,4-11,14-15H2,1-3H3/t21?,22?,23?,27-/m0/s1. The maximum atomic E-state index is 13.6. The Kier molecular flexibility index (Phi) is 6.87. The number of carbonyl (C=O) groups excluding carboxylic acids is 3. The van der Waals surface area contributed by atoms with Gasteiger partial charge in [0.2, 0.25) is 11.8 Å². The molecule has 0 spiro atoms. The van der Waals surface area contributed by atoms with Crippen molar-refractivity contribution < 1.29 is 23.9 Å². The fraction of sp³-hybridized carbons (Fsp3) is 0.667. The van der Waals surface area contributed by atoms with Crippen LogP contribution in [-0.4, -0.2) is 65.7 Å². The van der Waals surface area contributed by atoms with Gasteiger partial charge in [-0.15, -0.1) is 11.8 Å². The van der Waals surface area contributed by atoms with E-state index in [0.29, 0.717) is 24.8 Å². The highest BCUT2D eigenvalue weighted by Gasteiger charge is 2.72. The third kappa shape index (κ3) is 3.79. The van der Waals surface area contributed by atoms with Crippen LogP contribution in [0.2, 0.25) is 0 Å². The number of hydrogen-bond donors (Lipinski definition) is 0. The van der Waals surface area contributed by atoms with E-state index >= 15 is 0 Å². The molecule has 4 fully saturated rings. The van der Waals surface area contributed by atoms with E-state index in [4.69, 9.17) is 9.47 Å². The lowest BCUT2D eigenvalue weighted by Gasteiger charge is -2.44. The zero-order chi connectivity index (χ0) is 24.7. The van der Waals surface area contributed by atoms with Crippen molar-refractivity contribution in [2.24, 2.45) is 11.8 Å². The number of benzene rings is 1. The molecule has 1 aromatic carbocycles. The van der Waals surface area contributed by atoms with E-state index < -0.39 is 23.3 Å². The normalized spacial score (nSPS) is 31.4. The molecule has 190 valence electrons. The molecule has 1 aliphatic carbocycles. The second kappa shape index (κ2) is 9.77. The molecule has 1 aromatic rings. The maximum Gasteiger partial charge on any atom is 0.327 e. The van der Waals surface area contributed by atoms with Gasteiger partial charge in [0.15, 0.2) is 0 Å². The van der Waals surface area contributed by atoms with Crippen LogP contribution < -0.4 is 4.74 Å². The van der Waals surface area contributed by atoms with E-state index in [1.165, 1.54) is 44.1 Å². The van der Waals surface area contributed by atoms with E-state index in [0.717, 1.165) is 29.1 Å². The first-order chi connectivity index (χ1) is 17.0. The molecule has 3 aliphatic heterocycles. The number of esters is 1. The van der Waals surface area contributed by atoms with Gasteiger partial charge >= 0.3 is 5.97 Å². The van der Waals surface area contributed by atoms with Crippen LogP contribution in [0.3, 0.4) is 0 Å². The quantitative estimate of drug-likeness (QED) is 0.428. The average molecular weight is 501 g/mol. The number of amides is 2. The maximum absolute atomic E-state index is 13.6. The summed E-state index contributed by atoms with van der Waals surface area (Å²) in [6.45, 7) is 2.78. The highest BCUT2D eigenvalue weighted by molar-refractivity contribution is 8.00. The van der Waals surface area contributed by atoms with Gasteiger partial charge in [0.05, 0.1) is 26.1 Å². The van der Waals surface area contributed by atoms with Crippen molar-refractivity contribution >= 4 is 29.5 Å². The van der Waals surface area contributed by atoms with Crippen molar-refractivity contribution in [3.05, 3.63) is 23.8 Å². The second-order valence-electron chi connectivity index (χ2n) is 10.2. The van der Waals surface area contributed by atoms with Crippen LogP contribution in [0, 0.1) is 11.8 Å². The van der Waals surface area contributed by atoms with E-state index in [9.17, 15) is 14.4 Å². The average Bonchev–Trinajstić information content (AvgIpc) is 3.34. The minimum Gasteiger partial charge on any atom is -0.496 e. The summed E-state index contributed by atoms with van der Waals surface area (Å²) in [4.78, 5) is 45.0. The molecule has 8 heteroatoms. The highest BCUT2D eigenvalue weighted by Crippen LogP contribution is 2.58. The summed E-state index contributed by atoms with van der Waals surface area (Å²) in [5, 5.41) is 0.598. The third-order valence-electron chi connectivity index (χ3n) is 8.58. The Hall–Kier alpha value is -2.06. The number of fused-ring (bicyclic) bond motifs is 3. The summed E-state index contributed by atoms with van der Waals surface area (Å²) >= 11 is 1.88. The van der Waals surface area contributed by atoms with Gasteiger partial charge in [-0.2, -0.15) is 0 Å². The molecule has 0 bridgehead atoms. The molecule has 7 nitrogen and oxygen atoms in total. The topological polar surface area (TPSA) is 76.2 Å². The van der Waals surface area contributed by atoms with Crippen LogP contribution in [0.1, 0.15) is 69.9 Å². The van der Waals surface area contributed by atoms with Crippen LogP contribution in [0.4, 0.5) is 0 Å². The van der Waals surface area contributed by atoms with Gasteiger partial charge in [0.25, 0.3) is 0 Å². The fourth-order valence-electron chi connectivity index (χ4n) is 7.06. The number of thioether (sulfide) groups is 1. The Bertz CT molecular complexity index is 1010. The van der Waals surface area contributed by atoms with Gasteiger partial charge in [0, 0.05) is 22.7 Å². The molecule has 3 unspecified atom stereocenters. The molecule has 3 heterocycles. The minimum atomic E-state index is -1.10. The number of imide groups is 1. The first-order valence-electron chi connectivity index (χ1n) is 13.0. The van der Waals surface area contributed by atoms with E-state index in [1.54, 1.807) is 7.11 Å². The van der Waals surface area contributed by atoms with E-state index in [-0.39, 0.29) is 17.9 Å². The number of methoxy groups -OCH3 is 2. The summed E-state index contributed by atoms with van der Waals surface area (Å²) in [6, 6.07) is 5.84. The van der Waals surface area contributed by atoms with Crippen molar-refractivity contribution in [1.29, 1.82) is 0 Å². The van der Waals surface area contributed by atoms with Crippen LogP contribution in [-0.2, 0) is 19.1 Å². The molecule has 3 saturated heterocycles. The molecule has 2 amide bonds. The van der Waals surface area contributed by atoms with E-state index in [2.05, 4.69) is 17.0 Å². The molecule has 0 N–H and O–H groups in total. The lowest BCUT2D eigenvalue weighted by atomic mass is 9.75. The summed E-state index contributed by atoms with van der Waals surface area (Å²) in [7, 11) is 3.07. The van der Waals surface area contributed by atoms with Gasteiger partial charge < -0.3 is 9.47 Å². The number of piperidine rings is 1. The number of hydrogen-bond acceptors (Lipinski definition) is 7. The van der Waals surface area contributed by atoms with Gasteiger partial charge in [-0.3, -0.25) is 24.2 Å². The molecular formula is C27H36N2O5S. The van der Waals surface area contributed by atoms with Crippen molar-refractivity contribution in [3.8, 4) is 5.75 Å². The number of likely N-dealkylation sites (tertiary alicyclic amines) is 1. The number of nitrogens with zero attached hydrogens (tertiary/aromatic N) is 2. The number of ether oxygens (including phenoxy) is 2. The molecule has 5 rings (SSSR count). The van der Waals surface area contributed by atoms with Crippen LogP contribution in [0.15, 0.2) is 23.1 Å². The first kappa shape index (κ1) is 24.6. The second-order valence-corrected chi connectivity index (χ2v) is 11.6. The van der Waals surface area contributed by atoms with Crippen LogP contribution >= 0.6 is 11.8 Å². The molecule has 1 saturated carbocycles. The van der Waals surface area contributed by atoms with Crippen molar-refractivity contribution in [3.63, 3.8) is 0 Å². The van der Waals surface area contributed by atoms with Crippen molar-refractivity contribution in [2.45, 2.75) is 80.0 Å². The summed E-state index contributed by atoms with van der Waals surface area (Å²) in [5.74, 6) is -1.32. The first-order valence-corrected chi connectivity index (χ1v) is 13.9. The fourth-order valence-corrected chi connectivity index (χ4v) is 8.39. The molecule has 4 atom stereocenters. The molecule has 0 radical (unpaired) electrons. The Balaban J connectivity index is 1.57. The molecule has 35 heavy (non-hydrogen) atoms. The number of rotatable bonds is 6. The van der Waals surface area contributed by atoms with Gasteiger partial charge in [-0.25, -0.2) is 0 Å². The van der Waals surface area contributed by atoms with Crippen LogP contribution in [0.25, 0.3) is 0 Å². The SMILES string of the molecule is CCN1C(=O)C2C(c3ccc(SC4CCCCC4)c(OC)c3)N3CCCC[C@@]3(C(=O)OC)C2C1=O. The Morgan fingerprint density at radius 2 is 1.86 bits per heavy atom. The zero-order valence-corrected chi connectivity index (χ0v) is 21.8. The largest absolute Gasteiger partial charge is 0.496 e. The Labute approximate surface area is 211 Å². The molecule has 0 aromatic heterocycles. The smallest absolute Gasteiger partial charge is 0.327 e. The summed E-state index contributed by atoms with van der Waals surface area (Å²) in [5.41, 5.74) is -0.168. The van der Waals surface area contributed by atoms with Crippen LogP contribution in [0.5, 0.6) is 5.75 Å². The van der Waals surface area contributed by atoms with Gasteiger partial charge in [-0.05, 0) is 63.3 Å². The molecular weight excluding hydrogens is 464 g/mol. The number of carbonyl (C=O) groups is 3. The third-order valence-corrected chi connectivity index (χ3v) is 9.98.